The van der Waals surface area contributed by atoms with E-state index in [0.29, 0.717) is 0 Å². The molecule has 70 heavy (non-hydrogen) atoms. The predicted molar refractivity (Wildman–Crippen MR) is 301 cm³/mol. The molecular weight excluding hydrogens is 889 g/mol. The minimum atomic E-state index is 1.03. The third-order valence-electron chi connectivity index (χ3n) is 13.0. The lowest BCUT2D eigenvalue weighted by Crippen LogP contribution is -2.09. The largest absolute Gasteiger partial charge is 0.310 e. The van der Waals surface area contributed by atoms with Gasteiger partial charge < -0.3 is 9.80 Å². The number of thiazole rings is 2. The first-order valence-corrected chi connectivity index (χ1v) is 25.2. The van der Waals surface area contributed by atoms with Crippen molar-refractivity contribution < 1.29 is 0 Å². The number of allylic oxidation sites excluding steroid dienone is 1. The maximum atomic E-state index is 4.92. The summed E-state index contributed by atoms with van der Waals surface area (Å²) in [6, 6.07) is 83.2. The van der Waals surface area contributed by atoms with Crippen molar-refractivity contribution in [3.05, 3.63) is 247 Å². The standard InChI is InChI=1S/C64H46N4S2/c1-3-10-61-43(2)65-63(69-61)50-27-35-56(36-28-50)67(58-39-25-44-11-4-6-13-52(44)41-58)54-31-21-48(22-32-54)46-17-19-47(20-18-46)49-23-33-55(34-24-49)68(59-40-26-45-12-5-7-14-53(45)42-59)57-37-29-51(30-38-57)64-66-60-15-8-9-16-62(60)70-64/h3-42H,1-2H3/b10-3-. The number of hydrogen-bond acceptors (Lipinski definition) is 6. The van der Waals surface area contributed by atoms with Gasteiger partial charge in [0.1, 0.15) is 10.0 Å². The summed E-state index contributed by atoms with van der Waals surface area (Å²) in [5.41, 5.74) is 15.5. The van der Waals surface area contributed by atoms with Gasteiger partial charge in [-0.2, -0.15) is 0 Å². The van der Waals surface area contributed by atoms with Crippen LogP contribution in [0.4, 0.5) is 34.1 Å². The van der Waals surface area contributed by atoms with Gasteiger partial charge in [-0.05, 0) is 173 Å². The van der Waals surface area contributed by atoms with Crippen LogP contribution in [0, 0.1) is 6.92 Å². The zero-order valence-electron chi connectivity index (χ0n) is 38.7. The van der Waals surface area contributed by atoms with Crippen molar-refractivity contribution in [2.45, 2.75) is 13.8 Å². The number of benzene rings is 10. The van der Waals surface area contributed by atoms with Crippen LogP contribution in [0.25, 0.3) is 81.2 Å². The fourth-order valence-electron chi connectivity index (χ4n) is 9.33. The first-order chi connectivity index (χ1) is 34.5. The summed E-state index contributed by atoms with van der Waals surface area (Å²) in [4.78, 5) is 15.7. The summed E-state index contributed by atoms with van der Waals surface area (Å²) in [6.07, 6.45) is 4.21. The summed E-state index contributed by atoms with van der Waals surface area (Å²) >= 11 is 3.46. The van der Waals surface area contributed by atoms with Crippen LogP contribution in [0.1, 0.15) is 17.5 Å². The molecule has 0 saturated heterocycles. The third kappa shape index (κ3) is 8.45. The molecule has 12 aromatic rings. The monoisotopic (exact) mass is 934 g/mol. The van der Waals surface area contributed by atoms with Crippen molar-refractivity contribution in [2.24, 2.45) is 0 Å². The summed E-state index contributed by atoms with van der Waals surface area (Å²) < 4.78 is 1.20. The first-order valence-electron chi connectivity index (χ1n) is 23.6. The number of aryl methyl sites for hydroxylation is 1. The van der Waals surface area contributed by atoms with Crippen LogP contribution in [-0.4, -0.2) is 9.97 Å². The Morgan fingerprint density at radius 3 is 1.17 bits per heavy atom. The minimum Gasteiger partial charge on any atom is -0.310 e. The summed E-state index contributed by atoms with van der Waals surface area (Å²) in [7, 11) is 0. The van der Waals surface area contributed by atoms with Crippen molar-refractivity contribution in [1.82, 2.24) is 9.97 Å². The van der Waals surface area contributed by atoms with Gasteiger partial charge in [0, 0.05) is 45.3 Å². The van der Waals surface area contributed by atoms with E-state index in [1.807, 2.05) is 13.0 Å². The van der Waals surface area contributed by atoms with E-state index < -0.39 is 0 Å². The van der Waals surface area contributed by atoms with Gasteiger partial charge in [0.25, 0.3) is 0 Å². The first kappa shape index (κ1) is 42.9. The summed E-state index contributed by atoms with van der Waals surface area (Å²) in [5, 5.41) is 6.91. The SMILES string of the molecule is C/C=C\c1sc(-c2ccc(N(c3ccc(-c4ccc(-c5ccc(N(c6ccc(-c7nc8ccccc8s7)cc6)c6ccc7ccccc7c6)cc5)cc4)cc3)c3ccc4ccccc4c3)cc2)nc1C. The highest BCUT2D eigenvalue weighted by Crippen LogP contribution is 2.41. The van der Waals surface area contributed by atoms with Crippen molar-refractivity contribution in [3.8, 4) is 43.4 Å². The van der Waals surface area contributed by atoms with Gasteiger partial charge in [-0.25, -0.2) is 9.97 Å². The van der Waals surface area contributed by atoms with Crippen LogP contribution in [0.5, 0.6) is 0 Å². The van der Waals surface area contributed by atoms with Gasteiger partial charge in [0.05, 0.1) is 20.8 Å². The highest BCUT2D eigenvalue weighted by molar-refractivity contribution is 7.21. The van der Waals surface area contributed by atoms with E-state index in [2.05, 4.69) is 253 Å². The van der Waals surface area contributed by atoms with Crippen LogP contribution in [-0.2, 0) is 0 Å². The molecule has 2 heterocycles. The van der Waals surface area contributed by atoms with E-state index in [9.17, 15) is 0 Å². The van der Waals surface area contributed by atoms with Gasteiger partial charge in [-0.1, -0.05) is 127 Å². The Labute approximate surface area is 416 Å². The van der Waals surface area contributed by atoms with E-state index >= 15 is 0 Å². The van der Waals surface area contributed by atoms with Crippen molar-refractivity contribution >= 4 is 94.6 Å². The van der Waals surface area contributed by atoms with E-state index in [1.54, 1.807) is 22.7 Å². The molecular formula is C64H46N4S2. The number of hydrogen-bond donors (Lipinski definition) is 0. The molecule has 0 fully saturated rings. The van der Waals surface area contributed by atoms with Gasteiger partial charge in [-0.3, -0.25) is 0 Å². The highest BCUT2D eigenvalue weighted by atomic mass is 32.1. The molecule has 0 unspecified atom stereocenters. The van der Waals surface area contributed by atoms with E-state index in [0.717, 1.165) is 77.6 Å². The molecule has 0 aliphatic rings. The predicted octanol–water partition coefficient (Wildman–Crippen LogP) is 19.0. The maximum absolute atomic E-state index is 4.92. The number of nitrogens with zero attached hydrogens (tertiary/aromatic N) is 4. The third-order valence-corrected chi connectivity index (χ3v) is 15.2. The number of fused-ring (bicyclic) bond motifs is 3. The molecule has 0 saturated carbocycles. The second-order valence-electron chi connectivity index (χ2n) is 17.5. The maximum Gasteiger partial charge on any atom is 0.124 e. The second kappa shape index (κ2) is 18.6. The van der Waals surface area contributed by atoms with Crippen molar-refractivity contribution in [2.75, 3.05) is 9.80 Å². The van der Waals surface area contributed by atoms with E-state index in [4.69, 9.17) is 9.97 Å². The summed E-state index contributed by atoms with van der Waals surface area (Å²) in [5.74, 6) is 0. The average molecular weight is 935 g/mol. The zero-order chi connectivity index (χ0) is 47.0. The zero-order valence-corrected chi connectivity index (χ0v) is 40.3. The van der Waals surface area contributed by atoms with Crippen molar-refractivity contribution in [1.29, 1.82) is 0 Å². The van der Waals surface area contributed by atoms with Gasteiger partial charge in [0.2, 0.25) is 0 Å². The van der Waals surface area contributed by atoms with Crippen LogP contribution in [0.2, 0.25) is 0 Å². The summed E-state index contributed by atoms with van der Waals surface area (Å²) in [6.45, 7) is 4.13. The molecule has 12 rings (SSSR count). The van der Waals surface area contributed by atoms with Crippen LogP contribution >= 0.6 is 22.7 Å². The second-order valence-corrected chi connectivity index (χ2v) is 19.5. The number of aromatic nitrogens is 2. The van der Waals surface area contributed by atoms with Gasteiger partial charge >= 0.3 is 0 Å². The topological polar surface area (TPSA) is 32.3 Å². The van der Waals surface area contributed by atoms with Crippen LogP contribution < -0.4 is 9.80 Å². The lowest BCUT2D eigenvalue weighted by atomic mass is 9.99. The molecule has 0 aliphatic carbocycles. The molecule has 2 aromatic heterocycles. The molecule has 0 atom stereocenters. The fraction of sp³-hybridized carbons (Fsp3) is 0.0312. The molecule has 4 nitrogen and oxygen atoms in total. The molecule has 0 spiro atoms. The Kier molecular flexibility index (Phi) is 11.4. The highest BCUT2D eigenvalue weighted by Gasteiger charge is 2.17. The average Bonchev–Trinajstić information content (AvgIpc) is 4.03. The van der Waals surface area contributed by atoms with Gasteiger partial charge in [-0.15, -0.1) is 22.7 Å². The molecule has 0 aliphatic heterocycles. The van der Waals surface area contributed by atoms with Gasteiger partial charge in [0.15, 0.2) is 0 Å². The molecule has 0 radical (unpaired) electrons. The number of anilines is 6. The lowest BCUT2D eigenvalue weighted by Gasteiger charge is -2.26. The Morgan fingerprint density at radius 1 is 0.357 bits per heavy atom. The molecule has 0 bridgehead atoms. The van der Waals surface area contributed by atoms with Crippen LogP contribution in [0.3, 0.4) is 0 Å². The Bertz CT molecular complexity index is 3800. The Hall–Kier alpha value is -8.42. The van der Waals surface area contributed by atoms with Crippen molar-refractivity contribution in [3.63, 3.8) is 0 Å². The molecule has 0 N–H and O–H groups in total. The molecule has 0 amide bonds. The smallest absolute Gasteiger partial charge is 0.124 e. The van der Waals surface area contributed by atoms with Crippen LogP contribution in [0.15, 0.2) is 237 Å². The Morgan fingerprint density at radius 2 is 0.729 bits per heavy atom. The normalized spacial score (nSPS) is 11.5. The number of para-hydroxylation sites is 1. The quantitative estimate of drug-likeness (QED) is 0.129. The molecule has 10 aromatic carbocycles. The Balaban J connectivity index is 0.816. The van der Waals surface area contributed by atoms with E-state index in [1.165, 1.54) is 42.2 Å². The fourth-order valence-corrected chi connectivity index (χ4v) is 11.3. The van der Waals surface area contributed by atoms with E-state index in [-0.39, 0.29) is 0 Å². The lowest BCUT2D eigenvalue weighted by molar-refractivity contribution is 1.26. The molecule has 6 heteroatoms. The molecule has 334 valence electrons. The number of rotatable bonds is 11. The minimum absolute atomic E-state index is 1.03.